The number of thioether (sulfide) groups is 1. The van der Waals surface area contributed by atoms with Gasteiger partial charge < -0.3 is 15.4 Å². The lowest BCUT2D eigenvalue weighted by Crippen LogP contribution is -2.37. The number of amides is 2. The number of aromatic nitrogens is 3. The smallest absolute Gasteiger partial charge is 0.239 e. The number of H-pyrrole nitrogens is 1. The van der Waals surface area contributed by atoms with Gasteiger partial charge in [0.2, 0.25) is 17.0 Å². The molecule has 2 amide bonds. The molecule has 0 unspecified atom stereocenters. The van der Waals surface area contributed by atoms with Gasteiger partial charge in [-0.15, -0.1) is 5.10 Å². The Morgan fingerprint density at radius 3 is 2.64 bits per heavy atom. The van der Waals surface area contributed by atoms with E-state index in [2.05, 4.69) is 25.8 Å². The largest absolute Gasteiger partial charge is 0.497 e. The van der Waals surface area contributed by atoms with Gasteiger partial charge in [0.25, 0.3) is 0 Å². The number of hydrogen-bond acceptors (Lipinski definition) is 6. The third kappa shape index (κ3) is 6.11. The highest BCUT2D eigenvalue weighted by molar-refractivity contribution is 7.99. The number of rotatable bonds is 9. The van der Waals surface area contributed by atoms with E-state index in [4.69, 9.17) is 4.74 Å². The molecule has 0 aliphatic rings. The Hall–Kier alpha value is -2.55. The van der Waals surface area contributed by atoms with Crippen molar-refractivity contribution in [3.8, 4) is 17.1 Å². The van der Waals surface area contributed by atoms with Crippen LogP contribution in [0.15, 0.2) is 29.4 Å². The van der Waals surface area contributed by atoms with Crippen molar-refractivity contribution < 1.29 is 14.3 Å². The second kappa shape index (κ2) is 9.67. The van der Waals surface area contributed by atoms with Crippen LogP contribution in [0.2, 0.25) is 0 Å². The average Bonchev–Trinajstić information content (AvgIpc) is 3.12. The fourth-order valence-electron chi connectivity index (χ4n) is 1.88. The molecule has 8 nitrogen and oxygen atoms in total. The van der Waals surface area contributed by atoms with E-state index >= 15 is 0 Å². The standard InChI is InChI=1S/C16H21N5O3S/c1-3-8-17-13(22)9-18-14(23)10-25-16-19-15(20-21-16)11-4-6-12(24-2)7-5-11/h4-7H,3,8-10H2,1-2H3,(H,17,22)(H,18,23)(H,19,20,21). The summed E-state index contributed by atoms with van der Waals surface area (Å²) >= 11 is 1.20. The highest BCUT2D eigenvalue weighted by Gasteiger charge is 2.10. The van der Waals surface area contributed by atoms with Crippen LogP contribution in [0.3, 0.4) is 0 Å². The molecule has 1 heterocycles. The third-order valence-corrected chi connectivity index (χ3v) is 4.03. The van der Waals surface area contributed by atoms with Gasteiger partial charge in [0.15, 0.2) is 5.82 Å². The zero-order valence-corrected chi connectivity index (χ0v) is 15.0. The monoisotopic (exact) mass is 363 g/mol. The number of ether oxygens (including phenoxy) is 1. The van der Waals surface area contributed by atoms with Gasteiger partial charge in [0.05, 0.1) is 19.4 Å². The Kier molecular flexibility index (Phi) is 7.27. The van der Waals surface area contributed by atoms with Gasteiger partial charge in [-0.2, -0.15) is 0 Å². The highest BCUT2D eigenvalue weighted by atomic mass is 32.2. The summed E-state index contributed by atoms with van der Waals surface area (Å²) in [7, 11) is 1.61. The number of hydrogen-bond donors (Lipinski definition) is 3. The van der Waals surface area contributed by atoms with E-state index in [0.29, 0.717) is 17.5 Å². The normalized spacial score (nSPS) is 10.3. The molecule has 2 aromatic rings. The van der Waals surface area contributed by atoms with E-state index < -0.39 is 0 Å². The van der Waals surface area contributed by atoms with E-state index in [1.807, 2.05) is 31.2 Å². The minimum atomic E-state index is -0.243. The van der Waals surface area contributed by atoms with Gasteiger partial charge in [0.1, 0.15) is 5.75 Å². The van der Waals surface area contributed by atoms with Crippen LogP contribution in [0, 0.1) is 0 Å². The topological polar surface area (TPSA) is 109 Å². The molecular formula is C16H21N5O3S. The summed E-state index contributed by atoms with van der Waals surface area (Å²) in [6.45, 7) is 2.55. The quantitative estimate of drug-likeness (QED) is 0.578. The fourth-order valence-corrected chi connectivity index (χ4v) is 2.50. The molecule has 0 spiro atoms. The SMILES string of the molecule is CCCNC(=O)CNC(=O)CSc1n[nH]c(-c2ccc(OC)cc2)n1. The lowest BCUT2D eigenvalue weighted by molar-refractivity contribution is -0.124. The molecule has 3 N–H and O–H groups in total. The van der Waals surface area contributed by atoms with Gasteiger partial charge in [-0.3, -0.25) is 14.7 Å². The van der Waals surface area contributed by atoms with Crippen LogP contribution in [-0.2, 0) is 9.59 Å². The summed E-state index contributed by atoms with van der Waals surface area (Å²) in [5.74, 6) is 1.08. The first-order valence-electron chi connectivity index (χ1n) is 7.85. The maximum absolute atomic E-state index is 11.8. The molecule has 0 bridgehead atoms. The number of methoxy groups -OCH3 is 1. The second-order valence-electron chi connectivity index (χ2n) is 5.11. The Bertz CT molecular complexity index is 702. The van der Waals surface area contributed by atoms with Crippen LogP contribution in [0.5, 0.6) is 5.75 Å². The molecular weight excluding hydrogens is 342 g/mol. The summed E-state index contributed by atoms with van der Waals surface area (Å²) in [4.78, 5) is 27.5. The zero-order valence-electron chi connectivity index (χ0n) is 14.2. The summed E-state index contributed by atoms with van der Waals surface area (Å²) in [5.41, 5.74) is 0.872. The van der Waals surface area contributed by atoms with Crippen molar-refractivity contribution in [1.82, 2.24) is 25.8 Å². The first-order valence-corrected chi connectivity index (χ1v) is 8.84. The molecule has 0 aliphatic heterocycles. The fraction of sp³-hybridized carbons (Fsp3) is 0.375. The third-order valence-electron chi connectivity index (χ3n) is 3.18. The van der Waals surface area contributed by atoms with Gasteiger partial charge in [-0.05, 0) is 30.7 Å². The number of nitrogens with zero attached hydrogens (tertiary/aromatic N) is 2. The first-order chi connectivity index (χ1) is 12.1. The van der Waals surface area contributed by atoms with Gasteiger partial charge in [-0.1, -0.05) is 18.7 Å². The van der Waals surface area contributed by atoms with Crippen LogP contribution >= 0.6 is 11.8 Å². The van der Waals surface area contributed by atoms with E-state index in [1.54, 1.807) is 7.11 Å². The molecule has 0 fully saturated rings. The molecule has 134 valence electrons. The highest BCUT2D eigenvalue weighted by Crippen LogP contribution is 2.21. The molecule has 0 radical (unpaired) electrons. The Morgan fingerprint density at radius 2 is 1.96 bits per heavy atom. The maximum Gasteiger partial charge on any atom is 0.239 e. The molecule has 0 saturated heterocycles. The van der Waals surface area contributed by atoms with Crippen molar-refractivity contribution in [2.24, 2.45) is 0 Å². The van der Waals surface area contributed by atoms with Gasteiger partial charge >= 0.3 is 0 Å². The zero-order chi connectivity index (χ0) is 18.1. The molecule has 0 saturated carbocycles. The van der Waals surface area contributed by atoms with Crippen LogP contribution in [0.25, 0.3) is 11.4 Å². The summed E-state index contributed by atoms with van der Waals surface area (Å²) in [6.07, 6.45) is 0.858. The van der Waals surface area contributed by atoms with Gasteiger partial charge in [-0.25, -0.2) is 4.98 Å². The predicted molar refractivity (Wildman–Crippen MR) is 95.4 cm³/mol. The van der Waals surface area contributed by atoms with Crippen molar-refractivity contribution in [2.75, 3.05) is 26.0 Å². The van der Waals surface area contributed by atoms with Crippen molar-refractivity contribution in [3.63, 3.8) is 0 Å². The number of carbonyl (C=O) groups is 2. The number of benzene rings is 1. The minimum absolute atomic E-state index is 0.0233. The lowest BCUT2D eigenvalue weighted by atomic mass is 10.2. The lowest BCUT2D eigenvalue weighted by Gasteiger charge is -2.04. The molecule has 1 aromatic heterocycles. The molecule has 2 rings (SSSR count). The van der Waals surface area contributed by atoms with Crippen LogP contribution < -0.4 is 15.4 Å². The van der Waals surface area contributed by atoms with E-state index in [9.17, 15) is 9.59 Å². The number of carbonyl (C=O) groups excluding carboxylic acids is 2. The number of nitrogens with one attached hydrogen (secondary N) is 3. The average molecular weight is 363 g/mol. The van der Waals surface area contributed by atoms with Crippen molar-refractivity contribution >= 4 is 23.6 Å². The Morgan fingerprint density at radius 1 is 1.20 bits per heavy atom. The second-order valence-corrected chi connectivity index (χ2v) is 6.05. The van der Waals surface area contributed by atoms with Crippen LogP contribution in [0.1, 0.15) is 13.3 Å². The first kappa shape index (κ1) is 18.8. The molecule has 0 atom stereocenters. The van der Waals surface area contributed by atoms with E-state index in [0.717, 1.165) is 17.7 Å². The van der Waals surface area contributed by atoms with Crippen molar-refractivity contribution in [3.05, 3.63) is 24.3 Å². The van der Waals surface area contributed by atoms with Crippen LogP contribution in [-0.4, -0.2) is 52.9 Å². The molecule has 9 heteroatoms. The van der Waals surface area contributed by atoms with Crippen molar-refractivity contribution in [1.29, 1.82) is 0 Å². The minimum Gasteiger partial charge on any atom is -0.497 e. The Balaban J connectivity index is 1.78. The summed E-state index contributed by atoms with van der Waals surface area (Å²) in [5, 5.41) is 12.6. The van der Waals surface area contributed by atoms with E-state index in [1.165, 1.54) is 11.8 Å². The summed E-state index contributed by atoms with van der Waals surface area (Å²) in [6, 6.07) is 7.41. The van der Waals surface area contributed by atoms with E-state index in [-0.39, 0.29) is 24.1 Å². The summed E-state index contributed by atoms with van der Waals surface area (Å²) < 4.78 is 5.11. The number of aromatic amines is 1. The van der Waals surface area contributed by atoms with Gasteiger partial charge in [0, 0.05) is 12.1 Å². The molecule has 0 aliphatic carbocycles. The predicted octanol–water partition coefficient (Wildman–Crippen LogP) is 1.21. The van der Waals surface area contributed by atoms with Crippen LogP contribution in [0.4, 0.5) is 0 Å². The molecule has 25 heavy (non-hydrogen) atoms. The van der Waals surface area contributed by atoms with Crippen molar-refractivity contribution in [2.45, 2.75) is 18.5 Å². The Labute approximate surface area is 150 Å². The maximum atomic E-state index is 11.8. The molecule has 1 aromatic carbocycles.